The van der Waals surface area contributed by atoms with Crippen molar-refractivity contribution in [3.05, 3.63) is 66.5 Å². The molecule has 0 fully saturated rings. The van der Waals surface area contributed by atoms with Gasteiger partial charge in [0.25, 0.3) is 0 Å². The van der Waals surface area contributed by atoms with Crippen LogP contribution in [0.15, 0.2) is 60.9 Å². The number of aromatic nitrogens is 3. The van der Waals surface area contributed by atoms with Gasteiger partial charge in [-0.3, -0.25) is 0 Å². The van der Waals surface area contributed by atoms with Gasteiger partial charge in [0.1, 0.15) is 18.9 Å². The summed E-state index contributed by atoms with van der Waals surface area (Å²) in [6, 6.07) is 16.5. The second kappa shape index (κ2) is 7.03. The van der Waals surface area contributed by atoms with Gasteiger partial charge < -0.3 is 19.8 Å². The van der Waals surface area contributed by atoms with Gasteiger partial charge in [-0.2, -0.15) is 0 Å². The number of aromatic amines is 1. The Bertz CT molecular complexity index is 1370. The van der Waals surface area contributed by atoms with Crippen LogP contribution in [0.2, 0.25) is 0 Å². The number of fused-ring (bicyclic) bond motifs is 3. The van der Waals surface area contributed by atoms with E-state index in [1.54, 1.807) is 11.3 Å². The summed E-state index contributed by atoms with van der Waals surface area (Å²) in [5, 5.41) is 5.45. The van der Waals surface area contributed by atoms with Crippen LogP contribution in [0.25, 0.3) is 32.4 Å². The Labute approximate surface area is 176 Å². The summed E-state index contributed by atoms with van der Waals surface area (Å²) in [7, 11) is 0. The molecule has 5 aromatic rings. The van der Waals surface area contributed by atoms with Crippen molar-refractivity contribution in [2.75, 3.05) is 18.5 Å². The standard InChI is InChI=1S/C23H18N4O2S/c1-2-15(21-19(3-1)28-10-11-29-21)13-26-23-27-18-5-4-14(12-20(18)30-23)16-6-8-24-22-17(16)7-9-25-22/h1-9,12H,10-11,13H2,(H,24,25)(H,26,27). The SMILES string of the molecule is c1cc(CNc2nc3ccc(-c4ccnc5[nH]ccc45)cc3s2)c2c(c1)OCCO2. The van der Waals surface area contributed by atoms with Crippen molar-refractivity contribution in [3.8, 4) is 22.6 Å². The fourth-order valence-corrected chi connectivity index (χ4v) is 4.73. The van der Waals surface area contributed by atoms with E-state index in [4.69, 9.17) is 14.5 Å². The van der Waals surface area contributed by atoms with Gasteiger partial charge in [0.2, 0.25) is 0 Å². The van der Waals surface area contributed by atoms with Crippen LogP contribution in [-0.2, 0) is 6.54 Å². The summed E-state index contributed by atoms with van der Waals surface area (Å²) in [5.41, 5.74) is 5.28. The average molecular weight is 414 g/mol. The van der Waals surface area contributed by atoms with Gasteiger partial charge >= 0.3 is 0 Å². The van der Waals surface area contributed by atoms with Crippen molar-refractivity contribution >= 4 is 37.7 Å². The third-order valence-corrected chi connectivity index (χ3v) is 6.21. The van der Waals surface area contributed by atoms with Crippen LogP contribution >= 0.6 is 11.3 Å². The smallest absolute Gasteiger partial charge is 0.184 e. The minimum Gasteiger partial charge on any atom is -0.486 e. The molecule has 0 saturated heterocycles. The molecule has 2 N–H and O–H groups in total. The molecule has 0 bridgehead atoms. The first-order chi connectivity index (χ1) is 14.8. The predicted molar refractivity (Wildman–Crippen MR) is 119 cm³/mol. The highest BCUT2D eigenvalue weighted by atomic mass is 32.1. The topological polar surface area (TPSA) is 72.1 Å². The minimum absolute atomic E-state index is 0.581. The number of nitrogens with zero attached hydrogens (tertiary/aromatic N) is 2. The number of nitrogens with one attached hydrogen (secondary N) is 2. The van der Waals surface area contributed by atoms with E-state index in [0.717, 1.165) is 49.0 Å². The minimum atomic E-state index is 0.581. The lowest BCUT2D eigenvalue weighted by Gasteiger charge is -2.20. The summed E-state index contributed by atoms with van der Waals surface area (Å²) in [4.78, 5) is 12.3. The highest BCUT2D eigenvalue weighted by molar-refractivity contribution is 7.22. The largest absolute Gasteiger partial charge is 0.486 e. The lowest BCUT2D eigenvalue weighted by Crippen LogP contribution is -2.17. The number of H-pyrrole nitrogens is 1. The molecular weight excluding hydrogens is 396 g/mol. The summed E-state index contributed by atoms with van der Waals surface area (Å²) >= 11 is 1.65. The van der Waals surface area contributed by atoms with Gasteiger partial charge in [0.15, 0.2) is 16.6 Å². The average Bonchev–Trinajstić information content (AvgIpc) is 3.43. The predicted octanol–water partition coefficient (Wildman–Crippen LogP) is 5.22. The lowest BCUT2D eigenvalue weighted by molar-refractivity contribution is 0.170. The Hall–Kier alpha value is -3.58. The molecule has 6 nitrogen and oxygen atoms in total. The quantitative estimate of drug-likeness (QED) is 0.422. The Morgan fingerprint density at radius 2 is 2.03 bits per heavy atom. The van der Waals surface area contributed by atoms with Crippen LogP contribution < -0.4 is 14.8 Å². The number of pyridine rings is 1. The zero-order chi connectivity index (χ0) is 19.9. The Kier molecular flexibility index (Phi) is 4.06. The maximum atomic E-state index is 5.81. The first kappa shape index (κ1) is 17.3. The Morgan fingerprint density at radius 1 is 1.07 bits per heavy atom. The molecule has 7 heteroatoms. The lowest BCUT2D eigenvalue weighted by atomic mass is 10.0. The molecule has 0 radical (unpaired) electrons. The molecule has 1 aliphatic rings. The van der Waals surface area contributed by atoms with E-state index in [0.29, 0.717) is 19.8 Å². The van der Waals surface area contributed by atoms with E-state index in [-0.39, 0.29) is 0 Å². The fraction of sp³-hybridized carbons (Fsp3) is 0.130. The van der Waals surface area contributed by atoms with Gasteiger partial charge in [-0.25, -0.2) is 9.97 Å². The van der Waals surface area contributed by atoms with Crippen LogP contribution in [0.1, 0.15) is 5.56 Å². The van der Waals surface area contributed by atoms with Crippen molar-refractivity contribution in [2.24, 2.45) is 0 Å². The number of hydrogen-bond donors (Lipinski definition) is 2. The third-order valence-electron chi connectivity index (χ3n) is 5.24. The summed E-state index contributed by atoms with van der Waals surface area (Å²) in [6.07, 6.45) is 3.76. The van der Waals surface area contributed by atoms with E-state index in [1.807, 2.05) is 24.5 Å². The Balaban J connectivity index is 1.29. The van der Waals surface area contributed by atoms with Crippen molar-refractivity contribution in [2.45, 2.75) is 6.54 Å². The van der Waals surface area contributed by atoms with Crippen molar-refractivity contribution in [3.63, 3.8) is 0 Å². The molecule has 2 aromatic carbocycles. The van der Waals surface area contributed by atoms with Crippen molar-refractivity contribution < 1.29 is 9.47 Å². The number of para-hydroxylation sites is 1. The second-order valence-electron chi connectivity index (χ2n) is 7.09. The summed E-state index contributed by atoms with van der Waals surface area (Å²) in [5.74, 6) is 1.63. The van der Waals surface area contributed by atoms with Crippen LogP contribution in [0, 0.1) is 0 Å². The van der Waals surface area contributed by atoms with Gasteiger partial charge in [0.05, 0.1) is 10.2 Å². The summed E-state index contributed by atoms with van der Waals surface area (Å²) < 4.78 is 12.6. The molecule has 3 aromatic heterocycles. The molecule has 0 spiro atoms. The zero-order valence-electron chi connectivity index (χ0n) is 16.0. The number of hydrogen-bond acceptors (Lipinski definition) is 6. The number of thiazole rings is 1. The van der Waals surface area contributed by atoms with E-state index in [1.165, 1.54) is 5.56 Å². The maximum Gasteiger partial charge on any atom is 0.184 e. The maximum absolute atomic E-state index is 5.81. The van der Waals surface area contributed by atoms with Gasteiger partial charge in [0, 0.05) is 29.9 Å². The van der Waals surface area contributed by atoms with Gasteiger partial charge in [-0.05, 0) is 41.5 Å². The monoisotopic (exact) mass is 414 g/mol. The number of anilines is 1. The van der Waals surface area contributed by atoms with Crippen molar-refractivity contribution in [1.82, 2.24) is 15.0 Å². The van der Waals surface area contributed by atoms with E-state index < -0.39 is 0 Å². The fourth-order valence-electron chi connectivity index (χ4n) is 3.82. The van der Waals surface area contributed by atoms with Crippen LogP contribution in [0.3, 0.4) is 0 Å². The van der Waals surface area contributed by atoms with Crippen molar-refractivity contribution in [1.29, 1.82) is 0 Å². The van der Waals surface area contributed by atoms with Crippen LogP contribution in [-0.4, -0.2) is 28.2 Å². The highest BCUT2D eigenvalue weighted by Crippen LogP contribution is 2.36. The molecule has 0 unspecified atom stereocenters. The number of ether oxygens (including phenoxy) is 2. The zero-order valence-corrected chi connectivity index (χ0v) is 16.8. The molecule has 0 aliphatic carbocycles. The molecule has 0 saturated carbocycles. The first-order valence-electron chi connectivity index (χ1n) is 9.79. The number of benzene rings is 2. The van der Waals surface area contributed by atoms with E-state index in [9.17, 15) is 0 Å². The Morgan fingerprint density at radius 3 is 3.03 bits per heavy atom. The molecule has 0 atom stereocenters. The molecular formula is C23H18N4O2S. The first-order valence-corrected chi connectivity index (χ1v) is 10.6. The highest BCUT2D eigenvalue weighted by Gasteiger charge is 2.16. The normalized spacial score (nSPS) is 13.1. The molecule has 148 valence electrons. The number of rotatable bonds is 4. The second-order valence-corrected chi connectivity index (χ2v) is 8.13. The molecule has 1 aliphatic heterocycles. The molecule has 4 heterocycles. The molecule has 0 amide bonds. The van der Waals surface area contributed by atoms with E-state index in [2.05, 4.69) is 51.7 Å². The van der Waals surface area contributed by atoms with E-state index >= 15 is 0 Å². The molecule has 6 rings (SSSR count). The summed E-state index contributed by atoms with van der Waals surface area (Å²) in [6.45, 7) is 1.81. The van der Waals surface area contributed by atoms with Crippen LogP contribution in [0.4, 0.5) is 5.13 Å². The molecule has 30 heavy (non-hydrogen) atoms. The van der Waals surface area contributed by atoms with Gasteiger partial charge in [-0.1, -0.05) is 29.5 Å². The van der Waals surface area contributed by atoms with Crippen LogP contribution in [0.5, 0.6) is 11.5 Å². The van der Waals surface area contributed by atoms with Gasteiger partial charge in [-0.15, -0.1) is 0 Å². The third kappa shape index (κ3) is 2.95.